The van der Waals surface area contributed by atoms with E-state index in [0.29, 0.717) is 48.7 Å². The van der Waals surface area contributed by atoms with E-state index >= 15 is 4.39 Å². The first-order chi connectivity index (χ1) is 13.9. The zero-order valence-corrected chi connectivity index (χ0v) is 18.5. The van der Waals surface area contributed by atoms with E-state index < -0.39 is 5.67 Å². The Bertz CT molecular complexity index is 689. The van der Waals surface area contributed by atoms with Gasteiger partial charge < -0.3 is 15.5 Å². The lowest BCUT2D eigenvalue weighted by atomic mass is 9.81. The molecule has 1 saturated carbocycles. The van der Waals surface area contributed by atoms with E-state index in [1.54, 1.807) is 6.07 Å². The van der Waals surface area contributed by atoms with Crippen molar-refractivity contribution in [3.63, 3.8) is 0 Å². The number of piperazine rings is 1. The molecule has 1 aromatic carbocycles. The van der Waals surface area contributed by atoms with Gasteiger partial charge in [0.25, 0.3) is 0 Å². The SMILES string of the molecule is CCNC(=O)NC1CCC(F)(CCN2CCN(c3cccc(Cl)c3Cl)CC2)CC1. The molecular weight excluding hydrogens is 414 g/mol. The highest BCUT2D eigenvalue weighted by Crippen LogP contribution is 2.36. The Morgan fingerprint density at radius 2 is 1.90 bits per heavy atom. The van der Waals surface area contributed by atoms with Crippen LogP contribution in [0.2, 0.25) is 10.0 Å². The van der Waals surface area contributed by atoms with Gasteiger partial charge in [0.05, 0.1) is 15.7 Å². The zero-order valence-electron chi connectivity index (χ0n) is 17.0. The van der Waals surface area contributed by atoms with Gasteiger partial charge in [-0.25, -0.2) is 9.18 Å². The number of nitrogens with zero attached hydrogens (tertiary/aromatic N) is 2. The molecule has 0 unspecified atom stereocenters. The van der Waals surface area contributed by atoms with Crippen molar-refractivity contribution in [3.8, 4) is 0 Å². The summed E-state index contributed by atoms with van der Waals surface area (Å²) in [6, 6.07) is 5.64. The number of alkyl halides is 1. The Hall–Kier alpha value is -1.24. The lowest BCUT2D eigenvalue weighted by Gasteiger charge is -2.39. The summed E-state index contributed by atoms with van der Waals surface area (Å²) >= 11 is 12.5. The van der Waals surface area contributed by atoms with Gasteiger partial charge in [0, 0.05) is 45.3 Å². The molecule has 2 fully saturated rings. The van der Waals surface area contributed by atoms with Gasteiger partial charge in [0.1, 0.15) is 5.67 Å². The minimum absolute atomic E-state index is 0.0800. The number of halogens is 3. The molecule has 1 saturated heterocycles. The van der Waals surface area contributed by atoms with Crippen LogP contribution in [0, 0.1) is 0 Å². The smallest absolute Gasteiger partial charge is 0.314 e. The number of benzene rings is 1. The van der Waals surface area contributed by atoms with Crippen molar-refractivity contribution in [1.82, 2.24) is 15.5 Å². The monoisotopic (exact) mass is 444 g/mol. The fourth-order valence-corrected chi connectivity index (χ4v) is 4.65. The Balaban J connectivity index is 1.40. The molecule has 162 valence electrons. The summed E-state index contributed by atoms with van der Waals surface area (Å²) in [4.78, 5) is 16.2. The second-order valence-corrected chi connectivity index (χ2v) is 8.87. The summed E-state index contributed by atoms with van der Waals surface area (Å²) in [5, 5.41) is 6.85. The molecule has 1 aliphatic heterocycles. The Morgan fingerprint density at radius 3 is 2.55 bits per heavy atom. The van der Waals surface area contributed by atoms with Crippen LogP contribution in [0.5, 0.6) is 0 Å². The fourth-order valence-electron chi connectivity index (χ4n) is 4.23. The maximum atomic E-state index is 15.2. The van der Waals surface area contributed by atoms with Gasteiger partial charge in [0.2, 0.25) is 0 Å². The van der Waals surface area contributed by atoms with Crippen LogP contribution in [0.4, 0.5) is 14.9 Å². The van der Waals surface area contributed by atoms with Crippen LogP contribution in [0.3, 0.4) is 0 Å². The largest absolute Gasteiger partial charge is 0.368 e. The molecule has 5 nitrogen and oxygen atoms in total. The summed E-state index contributed by atoms with van der Waals surface area (Å²) in [5.41, 5.74) is -0.147. The second kappa shape index (κ2) is 10.2. The molecule has 1 aliphatic carbocycles. The number of carbonyl (C=O) groups excluding carboxylic acids is 1. The van der Waals surface area contributed by atoms with Crippen molar-refractivity contribution in [3.05, 3.63) is 28.2 Å². The Kier molecular flexibility index (Phi) is 7.88. The van der Waals surface area contributed by atoms with Crippen LogP contribution in [0.15, 0.2) is 18.2 Å². The fraction of sp³-hybridized carbons (Fsp3) is 0.667. The van der Waals surface area contributed by atoms with E-state index in [9.17, 15) is 4.79 Å². The van der Waals surface area contributed by atoms with Gasteiger partial charge >= 0.3 is 6.03 Å². The lowest BCUT2D eigenvalue weighted by molar-refractivity contribution is 0.0688. The number of hydrogen-bond acceptors (Lipinski definition) is 3. The number of hydrogen-bond donors (Lipinski definition) is 2. The van der Waals surface area contributed by atoms with Crippen molar-refractivity contribution >= 4 is 34.9 Å². The van der Waals surface area contributed by atoms with Gasteiger partial charge in [-0.2, -0.15) is 0 Å². The van der Waals surface area contributed by atoms with E-state index in [0.717, 1.165) is 38.4 Å². The predicted molar refractivity (Wildman–Crippen MR) is 118 cm³/mol. The highest BCUT2D eigenvalue weighted by Gasteiger charge is 2.36. The van der Waals surface area contributed by atoms with Crippen LogP contribution < -0.4 is 15.5 Å². The van der Waals surface area contributed by atoms with Gasteiger partial charge in [0.15, 0.2) is 0 Å². The third-order valence-electron chi connectivity index (χ3n) is 6.07. The van der Waals surface area contributed by atoms with Gasteiger partial charge in [-0.3, -0.25) is 4.90 Å². The van der Waals surface area contributed by atoms with Crippen LogP contribution in [0.25, 0.3) is 0 Å². The number of nitrogens with one attached hydrogen (secondary N) is 2. The molecule has 2 amide bonds. The number of urea groups is 1. The minimum atomic E-state index is -1.12. The predicted octanol–water partition coefficient (Wildman–Crippen LogP) is 4.48. The third kappa shape index (κ3) is 6.12. The van der Waals surface area contributed by atoms with Gasteiger partial charge in [-0.1, -0.05) is 29.3 Å². The van der Waals surface area contributed by atoms with E-state index in [1.807, 2.05) is 19.1 Å². The Labute approximate surface area is 182 Å². The summed E-state index contributed by atoms with van der Waals surface area (Å²) < 4.78 is 15.2. The molecule has 2 N–H and O–H groups in total. The maximum absolute atomic E-state index is 15.2. The topological polar surface area (TPSA) is 47.6 Å². The maximum Gasteiger partial charge on any atom is 0.314 e. The van der Waals surface area contributed by atoms with E-state index in [-0.39, 0.29) is 12.1 Å². The first kappa shape index (κ1) is 22.4. The second-order valence-electron chi connectivity index (χ2n) is 8.08. The normalized spacial score (nSPS) is 25.7. The zero-order chi connectivity index (χ0) is 20.9. The average Bonchev–Trinajstić information content (AvgIpc) is 2.71. The molecule has 3 rings (SSSR count). The highest BCUT2D eigenvalue weighted by molar-refractivity contribution is 6.43. The molecule has 0 aromatic heterocycles. The summed E-state index contributed by atoms with van der Waals surface area (Å²) in [6.45, 7) is 6.75. The van der Waals surface area contributed by atoms with Gasteiger partial charge in [-0.05, 0) is 51.2 Å². The first-order valence-electron chi connectivity index (χ1n) is 10.5. The molecule has 0 bridgehead atoms. The summed E-state index contributed by atoms with van der Waals surface area (Å²) in [7, 11) is 0. The molecule has 2 aliphatic rings. The quantitative estimate of drug-likeness (QED) is 0.679. The van der Waals surface area contributed by atoms with E-state index in [2.05, 4.69) is 20.4 Å². The molecule has 0 atom stereocenters. The first-order valence-corrected chi connectivity index (χ1v) is 11.3. The van der Waals surface area contributed by atoms with Crippen LogP contribution in [-0.2, 0) is 0 Å². The lowest BCUT2D eigenvalue weighted by Crippen LogP contribution is -2.49. The van der Waals surface area contributed by atoms with Crippen molar-refractivity contribution in [2.24, 2.45) is 0 Å². The standard InChI is InChI=1S/C21H31Cl2FN4O/c1-2-25-20(29)26-16-6-8-21(24,9-7-16)10-11-27-12-14-28(15-13-27)18-5-3-4-17(22)19(18)23/h3-5,16H,2,6-15H2,1H3,(H2,25,26,29). The van der Waals surface area contributed by atoms with Crippen LogP contribution >= 0.6 is 23.2 Å². The molecular formula is C21H31Cl2FN4O. The summed E-state index contributed by atoms with van der Waals surface area (Å²) in [5.74, 6) is 0. The van der Waals surface area contributed by atoms with Gasteiger partial charge in [-0.15, -0.1) is 0 Å². The average molecular weight is 445 g/mol. The number of carbonyl (C=O) groups is 1. The number of anilines is 1. The third-order valence-corrected chi connectivity index (χ3v) is 6.88. The Morgan fingerprint density at radius 1 is 1.21 bits per heavy atom. The van der Waals surface area contributed by atoms with E-state index in [1.165, 1.54) is 0 Å². The molecule has 1 heterocycles. The minimum Gasteiger partial charge on any atom is -0.368 e. The molecule has 0 radical (unpaired) electrons. The number of amides is 2. The van der Waals surface area contributed by atoms with Crippen molar-refractivity contribution in [1.29, 1.82) is 0 Å². The van der Waals surface area contributed by atoms with E-state index in [4.69, 9.17) is 23.2 Å². The van der Waals surface area contributed by atoms with Crippen molar-refractivity contribution in [2.45, 2.75) is 50.7 Å². The van der Waals surface area contributed by atoms with Crippen molar-refractivity contribution in [2.75, 3.05) is 44.2 Å². The van der Waals surface area contributed by atoms with Crippen molar-refractivity contribution < 1.29 is 9.18 Å². The highest BCUT2D eigenvalue weighted by atomic mass is 35.5. The number of rotatable bonds is 6. The molecule has 8 heteroatoms. The molecule has 0 spiro atoms. The molecule has 1 aromatic rings. The van der Waals surface area contributed by atoms with Crippen LogP contribution in [0.1, 0.15) is 39.0 Å². The summed E-state index contributed by atoms with van der Waals surface area (Å²) in [6.07, 6.45) is 2.99. The molecule has 29 heavy (non-hydrogen) atoms. The van der Waals surface area contributed by atoms with Crippen LogP contribution in [-0.4, -0.2) is 61.9 Å².